The Morgan fingerprint density at radius 3 is 2.48 bits per heavy atom. The lowest BCUT2D eigenvalue weighted by Crippen LogP contribution is -2.09. The molecule has 2 aromatic carbocycles. The molecule has 0 spiro atoms. The molecule has 0 aliphatic rings. The molecular weight excluding hydrogens is 436 g/mol. The van der Waals surface area contributed by atoms with E-state index in [1.54, 1.807) is 18.4 Å². The number of carbonyl (C=O) groups excluding carboxylic acids is 2. The van der Waals surface area contributed by atoms with Crippen molar-refractivity contribution in [3.8, 4) is 0 Å². The number of aromatic nitrogens is 2. The van der Waals surface area contributed by atoms with Crippen molar-refractivity contribution < 1.29 is 14.3 Å². The summed E-state index contributed by atoms with van der Waals surface area (Å²) in [7, 11) is 1.28. The normalized spacial score (nSPS) is 10.7. The van der Waals surface area contributed by atoms with Gasteiger partial charge in [0.15, 0.2) is 5.69 Å². The third-order valence-corrected chi connectivity index (χ3v) is 5.77. The first-order chi connectivity index (χ1) is 16.1. The highest BCUT2D eigenvalue weighted by atomic mass is 32.2. The maximum atomic E-state index is 12.1. The summed E-state index contributed by atoms with van der Waals surface area (Å²) in [6, 6.07) is 19.3. The Morgan fingerprint density at radius 1 is 1.00 bits per heavy atom. The molecule has 4 rings (SSSR count). The number of methoxy groups -OCH3 is 1. The Morgan fingerprint density at radius 2 is 1.73 bits per heavy atom. The van der Waals surface area contributed by atoms with Crippen LogP contribution >= 0.6 is 11.8 Å². The first-order valence-corrected chi connectivity index (χ1v) is 11.6. The number of thioether (sulfide) groups is 1. The summed E-state index contributed by atoms with van der Waals surface area (Å²) in [6.45, 7) is 0.807. The highest BCUT2D eigenvalue weighted by molar-refractivity contribution is 8.13. The van der Waals surface area contributed by atoms with Crippen molar-refractivity contribution in [2.24, 2.45) is 0 Å². The summed E-state index contributed by atoms with van der Waals surface area (Å²) in [4.78, 5) is 31.4. The van der Waals surface area contributed by atoms with Crippen LogP contribution in [-0.2, 0) is 11.2 Å². The van der Waals surface area contributed by atoms with Gasteiger partial charge in [0.25, 0.3) is 0 Å². The number of anilines is 3. The van der Waals surface area contributed by atoms with Crippen molar-refractivity contribution in [1.82, 2.24) is 9.97 Å². The van der Waals surface area contributed by atoms with Crippen LogP contribution in [0.4, 0.5) is 17.1 Å². The summed E-state index contributed by atoms with van der Waals surface area (Å²) in [5.41, 5.74) is 5.12. The Bertz CT molecular complexity index is 1250. The van der Waals surface area contributed by atoms with Gasteiger partial charge in [0.05, 0.1) is 7.11 Å². The quantitative estimate of drug-likeness (QED) is 0.309. The molecule has 0 bridgehead atoms. The minimum Gasteiger partial charge on any atom is -0.464 e. The SMILES string of the molecule is COC(=O)c1cc(Nc2ccc(NCCc3c[nH]c4ccccc34)cc2)cc(C(=O)SC)n1. The monoisotopic (exact) mass is 460 g/mol. The molecule has 3 N–H and O–H groups in total. The fraction of sp³-hybridized carbons (Fsp3) is 0.160. The number of hydrogen-bond acceptors (Lipinski definition) is 7. The van der Waals surface area contributed by atoms with E-state index < -0.39 is 5.97 Å². The Kier molecular flexibility index (Phi) is 6.95. The first-order valence-electron chi connectivity index (χ1n) is 10.4. The lowest BCUT2D eigenvalue weighted by molar-refractivity contribution is 0.0594. The molecular formula is C25H24N4O3S. The number of H-pyrrole nitrogens is 1. The number of nitrogens with zero attached hydrogens (tertiary/aromatic N) is 1. The summed E-state index contributed by atoms with van der Waals surface area (Å²) < 4.78 is 4.76. The van der Waals surface area contributed by atoms with Gasteiger partial charge in [0.1, 0.15) is 5.69 Å². The Labute approximate surface area is 196 Å². The second-order valence-electron chi connectivity index (χ2n) is 7.35. The van der Waals surface area contributed by atoms with E-state index in [1.165, 1.54) is 18.1 Å². The van der Waals surface area contributed by atoms with Crippen molar-refractivity contribution in [2.45, 2.75) is 6.42 Å². The molecule has 0 fully saturated rings. The van der Waals surface area contributed by atoms with Gasteiger partial charge in [-0.3, -0.25) is 4.79 Å². The number of carbonyl (C=O) groups is 2. The number of esters is 1. The third kappa shape index (κ3) is 5.35. The zero-order valence-electron chi connectivity index (χ0n) is 18.3. The molecule has 0 unspecified atom stereocenters. The largest absolute Gasteiger partial charge is 0.464 e. The minimum absolute atomic E-state index is 0.0791. The number of hydrogen-bond donors (Lipinski definition) is 3. The lowest BCUT2D eigenvalue weighted by Gasteiger charge is -2.11. The van der Waals surface area contributed by atoms with Gasteiger partial charge in [0, 0.05) is 40.7 Å². The van der Waals surface area contributed by atoms with Crippen molar-refractivity contribution in [2.75, 3.05) is 30.5 Å². The lowest BCUT2D eigenvalue weighted by atomic mass is 10.1. The molecule has 4 aromatic rings. The minimum atomic E-state index is -0.594. The van der Waals surface area contributed by atoms with E-state index in [0.29, 0.717) is 5.69 Å². The van der Waals surface area contributed by atoms with Crippen molar-refractivity contribution in [3.63, 3.8) is 0 Å². The fourth-order valence-electron chi connectivity index (χ4n) is 3.54. The smallest absolute Gasteiger partial charge is 0.356 e. The second kappa shape index (κ2) is 10.2. The van der Waals surface area contributed by atoms with E-state index in [9.17, 15) is 9.59 Å². The summed E-state index contributed by atoms with van der Waals surface area (Å²) in [5.74, 6) is -0.594. The van der Waals surface area contributed by atoms with E-state index in [4.69, 9.17) is 4.74 Å². The van der Waals surface area contributed by atoms with Gasteiger partial charge in [0.2, 0.25) is 5.12 Å². The number of para-hydroxylation sites is 1. The van der Waals surface area contributed by atoms with Crippen molar-refractivity contribution in [1.29, 1.82) is 0 Å². The van der Waals surface area contributed by atoms with E-state index >= 15 is 0 Å². The van der Waals surface area contributed by atoms with Gasteiger partial charge in [-0.25, -0.2) is 9.78 Å². The second-order valence-corrected chi connectivity index (χ2v) is 8.13. The number of rotatable bonds is 8. The molecule has 0 saturated heterocycles. The zero-order valence-corrected chi connectivity index (χ0v) is 19.2. The first kappa shape index (κ1) is 22.4. The molecule has 0 aliphatic heterocycles. The number of pyridine rings is 1. The van der Waals surface area contributed by atoms with Crippen LogP contribution in [0, 0.1) is 0 Å². The standard InChI is InChI=1S/C25H24N4O3S/c1-32-24(30)22-13-19(14-23(29-22)25(31)33-2)28-18-9-7-17(8-10-18)26-12-11-16-15-27-21-6-4-3-5-20(16)21/h3-10,13-15,26-27H,11-12H2,1-2H3,(H,28,29). The summed E-state index contributed by atoms with van der Waals surface area (Å²) >= 11 is 1.04. The van der Waals surface area contributed by atoms with Crippen LogP contribution in [0.25, 0.3) is 10.9 Å². The van der Waals surface area contributed by atoms with E-state index in [2.05, 4.69) is 45.0 Å². The summed E-state index contributed by atoms with van der Waals surface area (Å²) in [5, 5.41) is 7.70. The van der Waals surface area contributed by atoms with E-state index in [0.717, 1.165) is 41.6 Å². The van der Waals surface area contributed by atoms with Crippen LogP contribution in [0.5, 0.6) is 0 Å². The van der Waals surface area contributed by atoms with Gasteiger partial charge >= 0.3 is 5.97 Å². The highest BCUT2D eigenvalue weighted by Crippen LogP contribution is 2.23. The van der Waals surface area contributed by atoms with E-state index in [1.807, 2.05) is 30.3 Å². The summed E-state index contributed by atoms with van der Waals surface area (Å²) in [6.07, 6.45) is 4.64. The zero-order chi connectivity index (χ0) is 23.2. The number of ether oxygens (including phenoxy) is 1. The van der Waals surface area contributed by atoms with Crippen LogP contribution < -0.4 is 10.6 Å². The average molecular weight is 461 g/mol. The van der Waals surface area contributed by atoms with Crippen molar-refractivity contribution >= 4 is 50.8 Å². The molecule has 168 valence electrons. The third-order valence-electron chi connectivity index (χ3n) is 5.19. The topological polar surface area (TPSA) is 96.1 Å². The van der Waals surface area contributed by atoms with Gasteiger partial charge < -0.3 is 20.4 Å². The van der Waals surface area contributed by atoms with Crippen molar-refractivity contribution in [3.05, 3.63) is 83.8 Å². The molecule has 2 heterocycles. The molecule has 33 heavy (non-hydrogen) atoms. The molecule has 8 heteroatoms. The number of aromatic amines is 1. The van der Waals surface area contributed by atoms with Crippen LogP contribution in [0.2, 0.25) is 0 Å². The van der Waals surface area contributed by atoms with Gasteiger partial charge in [-0.05, 0) is 60.7 Å². The number of benzene rings is 2. The molecule has 0 saturated carbocycles. The van der Waals surface area contributed by atoms with E-state index in [-0.39, 0.29) is 16.5 Å². The Balaban J connectivity index is 1.41. The van der Waals surface area contributed by atoms with Gasteiger partial charge in [-0.2, -0.15) is 0 Å². The molecule has 0 aliphatic carbocycles. The Hall–Kier alpha value is -3.78. The highest BCUT2D eigenvalue weighted by Gasteiger charge is 2.15. The molecule has 2 aromatic heterocycles. The molecule has 0 atom stereocenters. The molecule has 0 radical (unpaired) electrons. The molecule has 0 amide bonds. The number of fused-ring (bicyclic) bond motifs is 1. The average Bonchev–Trinajstić information content (AvgIpc) is 3.27. The fourth-order valence-corrected chi connectivity index (χ4v) is 3.85. The number of nitrogens with one attached hydrogen (secondary N) is 3. The predicted molar refractivity (Wildman–Crippen MR) is 134 cm³/mol. The van der Waals surface area contributed by atoms with Crippen LogP contribution in [0.3, 0.4) is 0 Å². The van der Waals surface area contributed by atoms with Crippen LogP contribution in [0.15, 0.2) is 66.9 Å². The van der Waals surface area contributed by atoms with Crippen LogP contribution in [-0.4, -0.2) is 41.0 Å². The molecule has 7 nitrogen and oxygen atoms in total. The maximum Gasteiger partial charge on any atom is 0.356 e. The van der Waals surface area contributed by atoms with Gasteiger partial charge in [-0.15, -0.1) is 0 Å². The van der Waals surface area contributed by atoms with Crippen LogP contribution in [0.1, 0.15) is 26.5 Å². The predicted octanol–water partition coefficient (Wildman–Crippen LogP) is 5.25. The maximum absolute atomic E-state index is 12.1. The van der Waals surface area contributed by atoms with Gasteiger partial charge in [-0.1, -0.05) is 30.0 Å².